The minimum atomic E-state index is -0.744. The molecule has 1 fully saturated rings. The Hall–Kier alpha value is -1.93. The summed E-state index contributed by atoms with van der Waals surface area (Å²) in [5, 5.41) is 8.99. The van der Waals surface area contributed by atoms with Crippen molar-refractivity contribution in [1.82, 2.24) is 4.98 Å². The predicted molar refractivity (Wildman–Crippen MR) is 72.1 cm³/mol. The van der Waals surface area contributed by atoms with Crippen molar-refractivity contribution in [2.45, 2.75) is 31.2 Å². The molecule has 1 heterocycles. The smallest absolute Gasteiger partial charge is 0.229 e. The molecule has 0 radical (unpaired) electrons. The van der Waals surface area contributed by atoms with Crippen molar-refractivity contribution in [3.63, 3.8) is 0 Å². The highest BCUT2D eigenvalue weighted by Gasteiger charge is 2.35. The standard InChI is InChI=1S/C14H18N4O/c1-18(12-4-8-17-9-5-12)13(19)11-2-6-14(16,10-15)7-3-11/h4-5,8-9,11H,2-3,6-7,16H2,1H3. The number of nitrogens with zero attached hydrogens (tertiary/aromatic N) is 3. The van der Waals surface area contributed by atoms with Crippen LogP contribution in [0.1, 0.15) is 25.7 Å². The Balaban J connectivity index is 2.01. The fourth-order valence-corrected chi connectivity index (χ4v) is 2.46. The third-order valence-electron chi connectivity index (χ3n) is 3.83. The maximum Gasteiger partial charge on any atom is 0.229 e. The van der Waals surface area contributed by atoms with Crippen LogP contribution in [0.3, 0.4) is 0 Å². The van der Waals surface area contributed by atoms with E-state index in [1.54, 1.807) is 24.3 Å². The second-order valence-electron chi connectivity index (χ2n) is 5.14. The number of carbonyl (C=O) groups is 1. The van der Waals surface area contributed by atoms with Crippen LogP contribution in [0.2, 0.25) is 0 Å². The summed E-state index contributed by atoms with van der Waals surface area (Å²) in [6.45, 7) is 0. The summed E-state index contributed by atoms with van der Waals surface area (Å²) in [5.74, 6) is 0.0504. The van der Waals surface area contributed by atoms with Crippen molar-refractivity contribution in [1.29, 1.82) is 5.26 Å². The fraction of sp³-hybridized carbons (Fsp3) is 0.500. The highest BCUT2D eigenvalue weighted by atomic mass is 16.2. The monoisotopic (exact) mass is 258 g/mol. The van der Waals surface area contributed by atoms with Gasteiger partial charge in [0.2, 0.25) is 5.91 Å². The minimum Gasteiger partial charge on any atom is -0.315 e. The van der Waals surface area contributed by atoms with E-state index < -0.39 is 5.54 Å². The lowest BCUT2D eigenvalue weighted by atomic mass is 9.77. The minimum absolute atomic E-state index is 0.0387. The fourth-order valence-electron chi connectivity index (χ4n) is 2.46. The molecule has 0 unspecified atom stereocenters. The molecule has 1 amide bonds. The summed E-state index contributed by atoms with van der Waals surface area (Å²) in [6.07, 6.45) is 5.87. The van der Waals surface area contributed by atoms with Crippen LogP contribution in [-0.2, 0) is 4.79 Å². The molecular formula is C14H18N4O. The number of anilines is 1. The van der Waals surface area contributed by atoms with E-state index in [1.807, 2.05) is 12.1 Å². The molecule has 5 heteroatoms. The van der Waals surface area contributed by atoms with Crippen LogP contribution < -0.4 is 10.6 Å². The third-order valence-corrected chi connectivity index (χ3v) is 3.83. The summed E-state index contributed by atoms with van der Waals surface area (Å²) < 4.78 is 0. The van der Waals surface area contributed by atoms with Crippen LogP contribution in [0.15, 0.2) is 24.5 Å². The van der Waals surface area contributed by atoms with Gasteiger partial charge in [0.15, 0.2) is 0 Å². The molecule has 1 saturated carbocycles. The van der Waals surface area contributed by atoms with E-state index in [0.29, 0.717) is 25.7 Å². The first kappa shape index (κ1) is 13.5. The van der Waals surface area contributed by atoms with Gasteiger partial charge in [-0.15, -0.1) is 0 Å². The molecule has 2 rings (SSSR count). The molecule has 0 spiro atoms. The van der Waals surface area contributed by atoms with E-state index >= 15 is 0 Å². The lowest BCUT2D eigenvalue weighted by molar-refractivity contribution is -0.123. The third kappa shape index (κ3) is 2.91. The van der Waals surface area contributed by atoms with Gasteiger partial charge in [0, 0.05) is 31.0 Å². The molecule has 0 bridgehead atoms. The van der Waals surface area contributed by atoms with Crippen molar-refractivity contribution in [3.8, 4) is 6.07 Å². The Labute approximate surface area is 113 Å². The van der Waals surface area contributed by atoms with Crippen LogP contribution in [0, 0.1) is 17.2 Å². The van der Waals surface area contributed by atoms with Gasteiger partial charge in [-0.25, -0.2) is 0 Å². The number of pyridine rings is 1. The van der Waals surface area contributed by atoms with Crippen LogP contribution in [-0.4, -0.2) is 23.5 Å². The maximum atomic E-state index is 12.4. The second-order valence-corrected chi connectivity index (χ2v) is 5.14. The van der Waals surface area contributed by atoms with E-state index in [0.717, 1.165) is 5.69 Å². The summed E-state index contributed by atoms with van der Waals surface area (Å²) in [7, 11) is 1.77. The number of rotatable bonds is 2. The first-order chi connectivity index (χ1) is 9.06. The lowest BCUT2D eigenvalue weighted by Crippen LogP contribution is -2.45. The Morgan fingerprint density at radius 2 is 2.05 bits per heavy atom. The van der Waals surface area contributed by atoms with E-state index in [2.05, 4.69) is 11.1 Å². The largest absolute Gasteiger partial charge is 0.315 e. The molecule has 0 aromatic carbocycles. The van der Waals surface area contributed by atoms with E-state index in [9.17, 15) is 4.79 Å². The van der Waals surface area contributed by atoms with Gasteiger partial charge in [0.25, 0.3) is 0 Å². The number of carbonyl (C=O) groups excluding carboxylic acids is 1. The van der Waals surface area contributed by atoms with Crippen molar-refractivity contribution in [2.75, 3.05) is 11.9 Å². The number of amides is 1. The van der Waals surface area contributed by atoms with E-state index in [-0.39, 0.29) is 11.8 Å². The first-order valence-corrected chi connectivity index (χ1v) is 6.43. The lowest BCUT2D eigenvalue weighted by Gasteiger charge is -2.33. The average Bonchev–Trinajstić information content (AvgIpc) is 2.47. The van der Waals surface area contributed by atoms with Crippen molar-refractivity contribution >= 4 is 11.6 Å². The summed E-state index contributed by atoms with van der Waals surface area (Å²) in [5.41, 5.74) is 6.01. The Kier molecular flexibility index (Phi) is 3.82. The van der Waals surface area contributed by atoms with Crippen molar-refractivity contribution in [2.24, 2.45) is 11.7 Å². The maximum absolute atomic E-state index is 12.4. The van der Waals surface area contributed by atoms with Crippen LogP contribution >= 0.6 is 0 Å². The molecule has 1 aliphatic rings. The van der Waals surface area contributed by atoms with Crippen molar-refractivity contribution in [3.05, 3.63) is 24.5 Å². The summed E-state index contributed by atoms with van der Waals surface area (Å²) in [6, 6.07) is 5.76. The normalized spacial score (nSPS) is 26.5. The Morgan fingerprint density at radius 3 is 2.58 bits per heavy atom. The summed E-state index contributed by atoms with van der Waals surface area (Å²) >= 11 is 0. The van der Waals surface area contributed by atoms with Crippen LogP contribution in [0.25, 0.3) is 0 Å². The molecule has 2 N–H and O–H groups in total. The van der Waals surface area contributed by atoms with Gasteiger partial charge >= 0.3 is 0 Å². The molecule has 1 aromatic heterocycles. The van der Waals surface area contributed by atoms with Gasteiger partial charge in [-0.2, -0.15) is 5.26 Å². The highest BCUT2D eigenvalue weighted by Crippen LogP contribution is 2.31. The Morgan fingerprint density at radius 1 is 1.47 bits per heavy atom. The number of hydrogen-bond acceptors (Lipinski definition) is 4. The quantitative estimate of drug-likeness (QED) is 0.870. The van der Waals surface area contributed by atoms with Crippen LogP contribution in [0.4, 0.5) is 5.69 Å². The average molecular weight is 258 g/mol. The highest BCUT2D eigenvalue weighted by molar-refractivity contribution is 5.94. The second kappa shape index (κ2) is 5.37. The number of hydrogen-bond donors (Lipinski definition) is 1. The van der Waals surface area contributed by atoms with Gasteiger partial charge in [-0.05, 0) is 37.8 Å². The number of aromatic nitrogens is 1. The predicted octanol–water partition coefficient (Wildman–Crippen LogP) is 1.46. The van der Waals surface area contributed by atoms with Gasteiger partial charge in [0.1, 0.15) is 5.54 Å². The zero-order valence-electron chi connectivity index (χ0n) is 11.0. The molecule has 100 valence electrons. The zero-order valence-corrected chi connectivity index (χ0v) is 11.0. The first-order valence-electron chi connectivity index (χ1n) is 6.43. The van der Waals surface area contributed by atoms with E-state index in [4.69, 9.17) is 11.0 Å². The molecule has 0 saturated heterocycles. The van der Waals surface area contributed by atoms with Crippen LogP contribution in [0.5, 0.6) is 0 Å². The molecule has 0 atom stereocenters. The number of nitrogens with two attached hydrogens (primary N) is 1. The van der Waals surface area contributed by atoms with Gasteiger partial charge in [-0.3, -0.25) is 9.78 Å². The molecule has 5 nitrogen and oxygen atoms in total. The molecule has 1 aliphatic carbocycles. The molecular weight excluding hydrogens is 240 g/mol. The molecule has 19 heavy (non-hydrogen) atoms. The number of nitriles is 1. The van der Waals surface area contributed by atoms with Gasteiger partial charge in [-0.1, -0.05) is 0 Å². The molecule has 1 aromatic rings. The SMILES string of the molecule is CN(C(=O)C1CCC(N)(C#N)CC1)c1ccncc1. The Bertz CT molecular complexity index is 486. The van der Waals surface area contributed by atoms with Gasteiger partial charge < -0.3 is 10.6 Å². The van der Waals surface area contributed by atoms with E-state index in [1.165, 1.54) is 0 Å². The van der Waals surface area contributed by atoms with Crippen molar-refractivity contribution < 1.29 is 4.79 Å². The topological polar surface area (TPSA) is 83.0 Å². The van der Waals surface area contributed by atoms with Gasteiger partial charge in [0.05, 0.1) is 6.07 Å². The molecule has 0 aliphatic heterocycles. The summed E-state index contributed by atoms with van der Waals surface area (Å²) in [4.78, 5) is 18.0. The zero-order chi connectivity index (χ0) is 13.9.